The summed E-state index contributed by atoms with van der Waals surface area (Å²) in [7, 11) is 1.45. The number of fused-ring (bicyclic) bond motifs is 5. The van der Waals surface area contributed by atoms with Crippen molar-refractivity contribution in [1.82, 2.24) is 0 Å². The smallest absolute Gasteiger partial charge is 0.308 e. The summed E-state index contributed by atoms with van der Waals surface area (Å²) in [6.45, 7) is 7.99. The van der Waals surface area contributed by atoms with Crippen molar-refractivity contribution in [2.45, 2.75) is 85.2 Å². The molecule has 0 radical (unpaired) electrons. The summed E-state index contributed by atoms with van der Waals surface area (Å²) in [5.74, 6) is 1.77. The molecule has 5 heteroatoms. The van der Waals surface area contributed by atoms with Gasteiger partial charge in [-0.2, -0.15) is 0 Å². The molecule has 0 unspecified atom stereocenters. The number of methoxy groups -OCH3 is 1. The summed E-state index contributed by atoms with van der Waals surface area (Å²) >= 11 is 0. The second-order valence-corrected chi connectivity index (χ2v) is 11.1. The predicted octanol–water partition coefficient (Wildman–Crippen LogP) is 4.57. The van der Waals surface area contributed by atoms with Gasteiger partial charge in [-0.05, 0) is 80.0 Å². The first kappa shape index (κ1) is 21.8. The maximum atomic E-state index is 13.7. The fourth-order valence-corrected chi connectivity index (χ4v) is 8.45. The lowest BCUT2D eigenvalue weighted by Gasteiger charge is -2.60. The molecule has 0 saturated heterocycles. The summed E-state index contributed by atoms with van der Waals surface area (Å²) in [4.78, 5) is 37.4. The minimum absolute atomic E-state index is 0.0402. The molecule has 30 heavy (non-hydrogen) atoms. The molecule has 5 nitrogen and oxygen atoms in total. The second kappa shape index (κ2) is 7.63. The Morgan fingerprint density at radius 3 is 2.47 bits per heavy atom. The van der Waals surface area contributed by atoms with Gasteiger partial charge in [0.15, 0.2) is 0 Å². The van der Waals surface area contributed by atoms with Crippen molar-refractivity contribution in [1.29, 1.82) is 0 Å². The minimum Gasteiger partial charge on any atom is -0.469 e. The van der Waals surface area contributed by atoms with Crippen molar-refractivity contribution in [3.05, 3.63) is 0 Å². The number of esters is 2. The maximum absolute atomic E-state index is 13.7. The number of carbonyl (C=O) groups is 3. The molecule has 4 aliphatic carbocycles. The Kier molecular flexibility index (Phi) is 5.55. The molecule has 0 amide bonds. The summed E-state index contributed by atoms with van der Waals surface area (Å²) in [6.07, 6.45) is 7.89. The van der Waals surface area contributed by atoms with Gasteiger partial charge in [-0.3, -0.25) is 14.4 Å². The van der Waals surface area contributed by atoms with Crippen molar-refractivity contribution in [3.63, 3.8) is 0 Å². The Morgan fingerprint density at radius 2 is 1.80 bits per heavy atom. The van der Waals surface area contributed by atoms with Crippen molar-refractivity contribution in [2.24, 2.45) is 46.3 Å². The second-order valence-electron chi connectivity index (χ2n) is 11.1. The van der Waals surface area contributed by atoms with Crippen molar-refractivity contribution in [2.75, 3.05) is 7.11 Å². The van der Waals surface area contributed by atoms with Crippen LogP contribution in [0, 0.1) is 46.3 Å². The lowest BCUT2D eigenvalue weighted by atomic mass is 9.44. The quantitative estimate of drug-likeness (QED) is 0.628. The third-order valence-corrected chi connectivity index (χ3v) is 10.1. The molecule has 0 heterocycles. The minimum atomic E-state index is -0.396. The Morgan fingerprint density at radius 1 is 1.07 bits per heavy atom. The van der Waals surface area contributed by atoms with Gasteiger partial charge in [0, 0.05) is 18.8 Å². The summed E-state index contributed by atoms with van der Waals surface area (Å²) in [5, 5.41) is 0. The molecule has 0 aromatic heterocycles. The van der Waals surface area contributed by atoms with Crippen LogP contribution in [0.15, 0.2) is 0 Å². The number of Topliss-reactive ketones (excluding diaryl/α,β-unsaturated/α-hetero) is 1. The van der Waals surface area contributed by atoms with E-state index in [1.165, 1.54) is 14.0 Å². The molecule has 0 N–H and O–H groups in total. The zero-order valence-electron chi connectivity index (χ0n) is 19.2. The molecule has 4 saturated carbocycles. The SMILES string of the molecule is COC(=O)[C@@H](C)[C@@H]1CC[C@@H]2[C@H]3CC[C@H]4C[C@H](OC(C)=O)CC[C@]4(C)[C@@H]3CC(=O)[C@@]21C. The molecule has 4 aliphatic rings. The standard InChI is InChI=1S/C25H38O5/c1-14(23(28)29-5)19-8-9-20-18-7-6-16-12-17(30-15(2)26)10-11-24(16,3)21(18)13-22(27)25(19,20)4/h14,16-21H,6-13H2,1-5H3/t14-,16-,17+,18+,19-,20+,21+,24-,25+/m0/s1. The highest BCUT2D eigenvalue weighted by atomic mass is 16.5. The van der Waals surface area contributed by atoms with Crippen LogP contribution in [0.2, 0.25) is 0 Å². The highest BCUT2D eigenvalue weighted by Gasteiger charge is 2.64. The summed E-state index contributed by atoms with van der Waals surface area (Å²) in [5.41, 5.74) is -0.241. The molecule has 0 aliphatic heterocycles. The molecule has 0 aromatic rings. The predicted molar refractivity (Wildman–Crippen MR) is 112 cm³/mol. The van der Waals surface area contributed by atoms with E-state index in [1.54, 1.807) is 0 Å². The molecule has 0 spiro atoms. The Labute approximate surface area is 180 Å². The Bertz CT molecular complexity index is 731. The van der Waals surface area contributed by atoms with Gasteiger partial charge in [-0.25, -0.2) is 0 Å². The first-order valence-corrected chi connectivity index (χ1v) is 11.9. The monoisotopic (exact) mass is 418 g/mol. The number of ketones is 1. The lowest BCUT2D eigenvalue weighted by Crippen LogP contribution is -2.57. The van der Waals surface area contributed by atoms with Gasteiger partial charge in [0.2, 0.25) is 0 Å². The van der Waals surface area contributed by atoms with E-state index in [1.807, 2.05) is 6.92 Å². The first-order valence-electron chi connectivity index (χ1n) is 11.9. The molecule has 4 rings (SSSR count). The zero-order chi connectivity index (χ0) is 21.8. The highest BCUT2D eigenvalue weighted by molar-refractivity contribution is 5.88. The molecule has 4 fully saturated rings. The van der Waals surface area contributed by atoms with Crippen LogP contribution in [0.1, 0.15) is 79.1 Å². The maximum Gasteiger partial charge on any atom is 0.308 e. The van der Waals surface area contributed by atoms with Gasteiger partial charge < -0.3 is 9.47 Å². The molecular weight excluding hydrogens is 380 g/mol. The summed E-state index contributed by atoms with van der Waals surface area (Å²) < 4.78 is 10.6. The lowest BCUT2D eigenvalue weighted by molar-refractivity contribution is -0.168. The number of carbonyl (C=O) groups excluding carboxylic acids is 3. The van der Waals surface area contributed by atoms with Gasteiger partial charge >= 0.3 is 11.9 Å². The molecule has 0 aromatic carbocycles. The van der Waals surface area contributed by atoms with Crippen LogP contribution >= 0.6 is 0 Å². The van der Waals surface area contributed by atoms with Crippen LogP contribution < -0.4 is 0 Å². The first-order chi connectivity index (χ1) is 14.1. The number of hydrogen-bond donors (Lipinski definition) is 0. The van der Waals surface area contributed by atoms with Crippen LogP contribution in [-0.2, 0) is 23.9 Å². The third kappa shape index (κ3) is 3.14. The van der Waals surface area contributed by atoms with E-state index < -0.39 is 5.41 Å². The van der Waals surface area contributed by atoms with Gasteiger partial charge in [0.25, 0.3) is 0 Å². The van der Waals surface area contributed by atoms with Crippen molar-refractivity contribution in [3.8, 4) is 0 Å². The fraction of sp³-hybridized carbons (Fsp3) is 0.880. The zero-order valence-corrected chi connectivity index (χ0v) is 19.2. The summed E-state index contributed by atoms with van der Waals surface area (Å²) in [6, 6.07) is 0. The van der Waals surface area contributed by atoms with E-state index in [0.29, 0.717) is 35.9 Å². The normalized spacial score (nSPS) is 46.2. The van der Waals surface area contributed by atoms with Gasteiger partial charge in [-0.1, -0.05) is 20.8 Å². The average molecular weight is 419 g/mol. The van der Waals surface area contributed by atoms with Crippen LogP contribution in [0.25, 0.3) is 0 Å². The molecule has 9 atom stereocenters. The highest BCUT2D eigenvalue weighted by Crippen LogP contribution is 2.67. The number of rotatable bonds is 3. The topological polar surface area (TPSA) is 69.7 Å². The van der Waals surface area contributed by atoms with E-state index in [-0.39, 0.29) is 35.3 Å². The largest absolute Gasteiger partial charge is 0.469 e. The van der Waals surface area contributed by atoms with Crippen LogP contribution in [0.4, 0.5) is 0 Å². The molecule has 0 bridgehead atoms. The Hall–Kier alpha value is -1.39. The van der Waals surface area contributed by atoms with E-state index in [0.717, 1.165) is 44.9 Å². The van der Waals surface area contributed by atoms with Crippen LogP contribution in [0.3, 0.4) is 0 Å². The van der Waals surface area contributed by atoms with Crippen molar-refractivity contribution >= 4 is 17.7 Å². The average Bonchev–Trinajstić information content (AvgIpc) is 3.06. The van der Waals surface area contributed by atoms with Crippen LogP contribution in [-0.4, -0.2) is 30.9 Å². The van der Waals surface area contributed by atoms with E-state index in [2.05, 4.69) is 13.8 Å². The van der Waals surface area contributed by atoms with Crippen LogP contribution in [0.5, 0.6) is 0 Å². The van der Waals surface area contributed by atoms with Crippen molar-refractivity contribution < 1.29 is 23.9 Å². The number of hydrogen-bond acceptors (Lipinski definition) is 5. The fourth-order valence-electron chi connectivity index (χ4n) is 8.45. The van der Waals surface area contributed by atoms with E-state index >= 15 is 0 Å². The number of ether oxygens (including phenoxy) is 2. The van der Waals surface area contributed by atoms with E-state index in [9.17, 15) is 14.4 Å². The van der Waals surface area contributed by atoms with Gasteiger partial charge in [0.05, 0.1) is 13.0 Å². The molecular formula is C25H38O5. The third-order valence-electron chi connectivity index (χ3n) is 10.1. The Balaban J connectivity index is 1.57. The molecule has 168 valence electrons. The van der Waals surface area contributed by atoms with Gasteiger partial charge in [-0.15, -0.1) is 0 Å². The van der Waals surface area contributed by atoms with E-state index in [4.69, 9.17) is 9.47 Å². The van der Waals surface area contributed by atoms with Gasteiger partial charge in [0.1, 0.15) is 11.9 Å².